The van der Waals surface area contributed by atoms with E-state index in [-0.39, 0.29) is 0 Å². The summed E-state index contributed by atoms with van der Waals surface area (Å²) in [4.78, 5) is 6.56. The second kappa shape index (κ2) is 6.37. The highest BCUT2D eigenvalue weighted by atomic mass is 16.5. The number of anilines is 1. The predicted molar refractivity (Wildman–Crippen MR) is 73.0 cm³/mol. The van der Waals surface area contributed by atoms with Crippen LogP contribution in [0.1, 0.15) is 6.92 Å². The summed E-state index contributed by atoms with van der Waals surface area (Å²) in [5.74, 6) is 1.14. The molecule has 0 radical (unpaired) electrons. The molecule has 5 heteroatoms. The molecule has 0 unspecified atom stereocenters. The van der Waals surface area contributed by atoms with Gasteiger partial charge in [-0.1, -0.05) is 6.07 Å². The van der Waals surface area contributed by atoms with E-state index in [4.69, 9.17) is 10.5 Å². The van der Waals surface area contributed by atoms with Gasteiger partial charge in [0.15, 0.2) is 0 Å². The molecule has 2 heterocycles. The van der Waals surface area contributed by atoms with Crippen LogP contribution >= 0.6 is 0 Å². The van der Waals surface area contributed by atoms with Crippen molar-refractivity contribution in [3.63, 3.8) is 0 Å². The van der Waals surface area contributed by atoms with Crippen LogP contribution in [0.15, 0.2) is 30.6 Å². The van der Waals surface area contributed by atoms with E-state index in [0.717, 1.165) is 24.6 Å². The van der Waals surface area contributed by atoms with E-state index in [1.807, 2.05) is 24.5 Å². The van der Waals surface area contributed by atoms with E-state index in [9.17, 15) is 0 Å². The molecule has 18 heavy (non-hydrogen) atoms. The fourth-order valence-electron chi connectivity index (χ4n) is 1.99. The number of likely N-dealkylation sites (N-methyl/N-ethyl adjacent to an activating group) is 1. The van der Waals surface area contributed by atoms with Gasteiger partial charge in [0.1, 0.15) is 11.5 Å². The van der Waals surface area contributed by atoms with Crippen LogP contribution in [0.25, 0.3) is 5.65 Å². The predicted octanol–water partition coefficient (Wildman–Crippen LogP) is 1.14. The molecule has 0 atom stereocenters. The number of nitrogens with two attached hydrogens (primary N) is 1. The van der Waals surface area contributed by atoms with Crippen molar-refractivity contribution in [2.24, 2.45) is 5.73 Å². The molecule has 5 nitrogen and oxygen atoms in total. The maximum atomic E-state index is 5.44. The van der Waals surface area contributed by atoms with Gasteiger partial charge < -0.3 is 15.4 Å². The van der Waals surface area contributed by atoms with Gasteiger partial charge in [-0.2, -0.15) is 0 Å². The molecule has 0 saturated carbocycles. The van der Waals surface area contributed by atoms with Gasteiger partial charge >= 0.3 is 0 Å². The molecule has 0 amide bonds. The lowest BCUT2D eigenvalue weighted by atomic mass is 10.4. The average molecular weight is 248 g/mol. The quantitative estimate of drug-likeness (QED) is 0.746. The molecule has 0 fully saturated rings. The molecule has 2 N–H and O–H groups in total. The van der Waals surface area contributed by atoms with E-state index >= 15 is 0 Å². The minimum absolute atomic E-state index is 0.573. The van der Waals surface area contributed by atoms with Crippen LogP contribution in [0.2, 0.25) is 0 Å². The summed E-state index contributed by atoms with van der Waals surface area (Å²) in [6.45, 7) is 5.81. The Labute approximate surface area is 107 Å². The van der Waals surface area contributed by atoms with Crippen molar-refractivity contribution < 1.29 is 4.74 Å². The van der Waals surface area contributed by atoms with Crippen molar-refractivity contribution >= 4 is 11.5 Å². The number of aromatic nitrogens is 2. The summed E-state index contributed by atoms with van der Waals surface area (Å²) < 4.78 is 7.53. The molecular formula is C13H20N4O. The number of fused-ring (bicyclic) bond motifs is 1. The van der Waals surface area contributed by atoms with Gasteiger partial charge in [0, 0.05) is 32.0 Å². The normalized spacial score (nSPS) is 11.0. The first kappa shape index (κ1) is 12.9. The summed E-state index contributed by atoms with van der Waals surface area (Å²) in [6.07, 6.45) is 3.80. The van der Waals surface area contributed by atoms with E-state index in [0.29, 0.717) is 19.8 Å². The highest BCUT2D eigenvalue weighted by Crippen LogP contribution is 2.15. The third-order valence-corrected chi connectivity index (χ3v) is 2.88. The summed E-state index contributed by atoms with van der Waals surface area (Å²) in [6, 6.07) is 6.13. The van der Waals surface area contributed by atoms with E-state index in [2.05, 4.69) is 27.3 Å². The Bertz CT molecular complexity index is 483. The summed E-state index contributed by atoms with van der Waals surface area (Å²) >= 11 is 0. The van der Waals surface area contributed by atoms with Crippen LogP contribution in [0, 0.1) is 0 Å². The van der Waals surface area contributed by atoms with Gasteiger partial charge in [-0.05, 0) is 19.1 Å². The van der Waals surface area contributed by atoms with E-state index in [1.165, 1.54) is 0 Å². The molecule has 98 valence electrons. The van der Waals surface area contributed by atoms with Gasteiger partial charge in [-0.3, -0.25) is 4.40 Å². The average Bonchev–Trinajstić information content (AvgIpc) is 2.87. The highest BCUT2D eigenvalue weighted by Gasteiger charge is 2.08. The Kier molecular flexibility index (Phi) is 4.55. The van der Waals surface area contributed by atoms with Crippen LogP contribution in [0.3, 0.4) is 0 Å². The maximum absolute atomic E-state index is 5.44. The van der Waals surface area contributed by atoms with Crippen molar-refractivity contribution in [3.05, 3.63) is 30.6 Å². The van der Waals surface area contributed by atoms with Gasteiger partial charge in [-0.25, -0.2) is 4.98 Å². The molecule has 0 aliphatic heterocycles. The second-order valence-electron chi connectivity index (χ2n) is 4.02. The van der Waals surface area contributed by atoms with E-state index < -0.39 is 0 Å². The molecule has 0 aliphatic carbocycles. The lowest BCUT2D eigenvalue weighted by Gasteiger charge is -2.23. The van der Waals surface area contributed by atoms with Gasteiger partial charge in [0.25, 0.3) is 0 Å². The van der Waals surface area contributed by atoms with Gasteiger partial charge in [0.05, 0.1) is 13.2 Å². The monoisotopic (exact) mass is 248 g/mol. The SMILES string of the molecule is CCN(CCOCCN)c1cccc2nccn12. The molecule has 0 aliphatic rings. The lowest BCUT2D eigenvalue weighted by molar-refractivity contribution is 0.147. The maximum Gasteiger partial charge on any atom is 0.138 e. The summed E-state index contributed by atoms with van der Waals surface area (Å²) in [5.41, 5.74) is 6.37. The minimum Gasteiger partial charge on any atom is -0.378 e. The van der Waals surface area contributed by atoms with Crippen molar-refractivity contribution in [2.45, 2.75) is 6.92 Å². The van der Waals surface area contributed by atoms with Crippen molar-refractivity contribution in [1.29, 1.82) is 0 Å². The minimum atomic E-state index is 0.573. The van der Waals surface area contributed by atoms with Crippen LogP contribution in [0.4, 0.5) is 5.82 Å². The number of hydrogen-bond donors (Lipinski definition) is 1. The van der Waals surface area contributed by atoms with Gasteiger partial charge in [-0.15, -0.1) is 0 Å². The molecule has 0 aromatic carbocycles. The Morgan fingerprint density at radius 2 is 2.28 bits per heavy atom. The Hall–Kier alpha value is -1.59. The smallest absolute Gasteiger partial charge is 0.138 e. The zero-order chi connectivity index (χ0) is 12.8. The van der Waals surface area contributed by atoms with Crippen LogP contribution in [-0.2, 0) is 4.74 Å². The van der Waals surface area contributed by atoms with Crippen molar-refractivity contribution in [2.75, 3.05) is 37.7 Å². The molecule has 2 aromatic heterocycles. The number of nitrogens with zero attached hydrogens (tertiary/aromatic N) is 3. The summed E-state index contributed by atoms with van der Waals surface area (Å²) in [5, 5.41) is 0. The molecule has 0 saturated heterocycles. The van der Waals surface area contributed by atoms with E-state index in [1.54, 1.807) is 0 Å². The largest absolute Gasteiger partial charge is 0.378 e. The molecule has 0 bridgehead atoms. The molecular weight excluding hydrogens is 228 g/mol. The Morgan fingerprint density at radius 1 is 1.39 bits per heavy atom. The third-order valence-electron chi connectivity index (χ3n) is 2.88. The zero-order valence-corrected chi connectivity index (χ0v) is 10.7. The highest BCUT2D eigenvalue weighted by molar-refractivity contribution is 5.51. The molecule has 0 spiro atoms. The van der Waals surface area contributed by atoms with Crippen LogP contribution < -0.4 is 10.6 Å². The molecule has 2 rings (SSSR count). The summed E-state index contributed by atoms with van der Waals surface area (Å²) in [7, 11) is 0. The first-order valence-electron chi connectivity index (χ1n) is 6.31. The topological polar surface area (TPSA) is 55.8 Å². The second-order valence-corrected chi connectivity index (χ2v) is 4.02. The first-order valence-corrected chi connectivity index (χ1v) is 6.31. The number of imidazole rings is 1. The number of hydrogen-bond acceptors (Lipinski definition) is 4. The number of ether oxygens (including phenoxy) is 1. The fraction of sp³-hybridized carbons (Fsp3) is 0.462. The lowest BCUT2D eigenvalue weighted by Crippen LogP contribution is -2.29. The van der Waals surface area contributed by atoms with Crippen molar-refractivity contribution in [1.82, 2.24) is 9.38 Å². The number of pyridine rings is 1. The Morgan fingerprint density at radius 3 is 3.06 bits per heavy atom. The first-order chi connectivity index (χ1) is 8.86. The Balaban J connectivity index is 2.09. The fourth-order valence-corrected chi connectivity index (χ4v) is 1.99. The van der Waals surface area contributed by atoms with Crippen LogP contribution in [-0.4, -0.2) is 42.2 Å². The van der Waals surface area contributed by atoms with Crippen molar-refractivity contribution in [3.8, 4) is 0 Å². The van der Waals surface area contributed by atoms with Crippen LogP contribution in [0.5, 0.6) is 0 Å². The van der Waals surface area contributed by atoms with Gasteiger partial charge in [0.2, 0.25) is 0 Å². The molecule has 2 aromatic rings. The number of rotatable bonds is 7. The third kappa shape index (κ3) is 2.80. The standard InChI is InChI=1S/C13H20N4O/c1-2-16(9-11-18-10-6-14)13-5-3-4-12-15-7-8-17(12)13/h3-5,7-8H,2,6,9-11,14H2,1H3. The zero-order valence-electron chi connectivity index (χ0n) is 10.7.